The van der Waals surface area contributed by atoms with E-state index < -0.39 is 116 Å². The number of hydrogen-bond acceptors (Lipinski definition) is 17. The van der Waals surface area contributed by atoms with Crippen molar-refractivity contribution in [3.8, 4) is 0 Å². The molecule has 1 aromatic rings. The van der Waals surface area contributed by atoms with Crippen LogP contribution < -0.4 is 0 Å². The highest BCUT2D eigenvalue weighted by Crippen LogP contribution is 2.45. The lowest BCUT2D eigenvalue weighted by Gasteiger charge is -2.47. The first-order valence-corrected chi connectivity index (χ1v) is 17.2. The highest BCUT2D eigenvalue weighted by atomic mass is 16.7. The van der Waals surface area contributed by atoms with Crippen molar-refractivity contribution in [3.63, 3.8) is 0 Å². The third kappa shape index (κ3) is 10.5. The minimum absolute atomic E-state index is 0.255. The van der Waals surface area contributed by atoms with Crippen LogP contribution >= 0.6 is 0 Å². The summed E-state index contributed by atoms with van der Waals surface area (Å²) < 4.78 is 51.3. The fraction of sp³-hybridized carbons (Fsp3) is 0.639. The molecule has 10 atom stereocenters. The van der Waals surface area contributed by atoms with Crippen LogP contribution in [-0.2, 0) is 89.0 Å². The molecule has 17 heteroatoms. The summed E-state index contributed by atoms with van der Waals surface area (Å²) in [4.78, 5) is 85.9. The van der Waals surface area contributed by atoms with Crippen molar-refractivity contribution in [1.82, 2.24) is 0 Å². The van der Waals surface area contributed by atoms with Crippen LogP contribution in [0.5, 0.6) is 0 Å². The number of esters is 7. The molecule has 17 nitrogen and oxygen atoms in total. The molecule has 0 radical (unpaired) electrons. The Kier molecular flexibility index (Phi) is 13.9. The van der Waals surface area contributed by atoms with E-state index in [1.165, 1.54) is 0 Å². The second kappa shape index (κ2) is 17.9. The third-order valence-electron chi connectivity index (χ3n) is 8.86. The number of aryl methyl sites for hydroxylation is 2. The van der Waals surface area contributed by atoms with Gasteiger partial charge >= 0.3 is 41.8 Å². The smallest absolute Gasteiger partial charge is 0.303 e. The van der Waals surface area contributed by atoms with E-state index in [2.05, 4.69) is 0 Å². The summed E-state index contributed by atoms with van der Waals surface area (Å²) in [5.41, 5.74) is 2.30. The molecule has 0 unspecified atom stereocenters. The molecule has 53 heavy (non-hydrogen) atoms. The summed E-state index contributed by atoms with van der Waals surface area (Å²) in [5, 5.41) is 11.9. The molecular formula is C36H46O17. The molecule has 2 aliphatic heterocycles. The third-order valence-corrected chi connectivity index (χ3v) is 8.86. The molecule has 2 heterocycles. The Morgan fingerprint density at radius 2 is 0.887 bits per heavy atom. The Hall–Kier alpha value is -4.61. The SMILES string of the molecule is CC(=O)OC[C@H]1O[C@@H](c2cc3c(cc2[C@@H]2O[C@H](COC(C)=O)[C@@H](OC(C)=O)[C@H](OC(C)=O)[C@H]2O)CCCC3)[C@H](OC(C)=O)[C@@H](OC(C)=O)[C@@H]1OC(C)=O. The monoisotopic (exact) mass is 750 g/mol. The zero-order chi connectivity index (χ0) is 39.1. The van der Waals surface area contributed by atoms with Gasteiger partial charge in [0.1, 0.15) is 43.7 Å². The van der Waals surface area contributed by atoms with Gasteiger partial charge in [0.15, 0.2) is 30.5 Å². The number of benzene rings is 1. The number of carbonyl (C=O) groups is 7. The van der Waals surface area contributed by atoms with Crippen molar-refractivity contribution in [2.45, 2.75) is 135 Å². The second-order valence-electron chi connectivity index (χ2n) is 13.1. The van der Waals surface area contributed by atoms with E-state index in [1.807, 2.05) is 0 Å². The molecule has 4 rings (SSSR count). The first kappa shape index (κ1) is 41.2. The van der Waals surface area contributed by atoms with Gasteiger partial charge < -0.3 is 47.7 Å². The number of aliphatic hydroxyl groups excluding tert-OH is 1. The maximum Gasteiger partial charge on any atom is 0.303 e. The van der Waals surface area contributed by atoms with Crippen LogP contribution in [0.15, 0.2) is 12.1 Å². The fourth-order valence-corrected chi connectivity index (χ4v) is 6.97. The summed E-state index contributed by atoms with van der Waals surface area (Å²) in [7, 11) is 0. The van der Waals surface area contributed by atoms with Gasteiger partial charge in [-0.25, -0.2) is 0 Å². The van der Waals surface area contributed by atoms with Crippen LogP contribution in [0, 0.1) is 0 Å². The summed E-state index contributed by atoms with van der Waals surface area (Å²) in [6, 6.07) is 3.55. The standard InChI is InChI=1S/C36H46O17/c1-16(37)45-14-27-32(47-18(3)39)34(49-20(5)41)29(44)30(52-27)25-12-23-10-8-9-11-24(23)13-26(25)31-35(50-21(6)42)36(51-22(7)43)33(48-19(4)40)28(53-31)15-46-17(2)38/h12-13,27-36,44H,8-11,14-15H2,1-7H3/t27-,28-,29+,30+,31+,32-,33-,34-,35+,36+/m1/s1. The van der Waals surface area contributed by atoms with E-state index in [4.69, 9.17) is 42.6 Å². The van der Waals surface area contributed by atoms with Gasteiger partial charge in [-0.1, -0.05) is 12.1 Å². The Bertz CT molecular complexity index is 1570. The van der Waals surface area contributed by atoms with Crippen molar-refractivity contribution in [2.75, 3.05) is 13.2 Å². The average Bonchev–Trinajstić information content (AvgIpc) is 3.05. The van der Waals surface area contributed by atoms with E-state index in [9.17, 15) is 38.7 Å². The fourth-order valence-electron chi connectivity index (χ4n) is 6.97. The second-order valence-corrected chi connectivity index (χ2v) is 13.1. The number of aliphatic hydroxyl groups is 1. The van der Waals surface area contributed by atoms with Gasteiger partial charge in [-0.2, -0.15) is 0 Å². The van der Waals surface area contributed by atoms with Crippen molar-refractivity contribution < 1.29 is 81.3 Å². The Labute approximate surface area is 305 Å². The van der Waals surface area contributed by atoms with Gasteiger partial charge in [-0.15, -0.1) is 0 Å². The van der Waals surface area contributed by atoms with Crippen LogP contribution in [0.25, 0.3) is 0 Å². The summed E-state index contributed by atoms with van der Waals surface area (Å²) in [6.07, 6.45) is -11.3. The van der Waals surface area contributed by atoms with Crippen molar-refractivity contribution in [1.29, 1.82) is 0 Å². The molecule has 1 aliphatic carbocycles. The van der Waals surface area contributed by atoms with Crippen LogP contribution in [0.3, 0.4) is 0 Å². The van der Waals surface area contributed by atoms with Crippen LogP contribution in [0.1, 0.15) is 95.8 Å². The highest BCUT2D eigenvalue weighted by Gasteiger charge is 2.55. The zero-order valence-electron chi connectivity index (χ0n) is 30.7. The van der Waals surface area contributed by atoms with Crippen molar-refractivity contribution >= 4 is 41.8 Å². The first-order valence-electron chi connectivity index (χ1n) is 17.2. The quantitative estimate of drug-likeness (QED) is 0.250. The molecule has 0 spiro atoms. The van der Waals surface area contributed by atoms with E-state index in [0.29, 0.717) is 12.8 Å². The average molecular weight is 751 g/mol. The maximum atomic E-state index is 12.7. The summed E-state index contributed by atoms with van der Waals surface area (Å²) in [6.45, 7) is 6.93. The van der Waals surface area contributed by atoms with Gasteiger partial charge in [0.2, 0.25) is 0 Å². The number of fused-ring (bicyclic) bond motifs is 1. The van der Waals surface area contributed by atoms with Gasteiger partial charge in [0.25, 0.3) is 0 Å². The minimum Gasteiger partial charge on any atom is -0.463 e. The molecule has 292 valence electrons. The molecule has 3 aliphatic rings. The minimum atomic E-state index is -1.71. The number of hydrogen-bond donors (Lipinski definition) is 1. The highest BCUT2D eigenvalue weighted by molar-refractivity contribution is 5.69. The largest absolute Gasteiger partial charge is 0.463 e. The van der Waals surface area contributed by atoms with E-state index in [0.717, 1.165) is 72.4 Å². The first-order chi connectivity index (χ1) is 25.0. The number of rotatable bonds is 11. The van der Waals surface area contributed by atoms with Gasteiger partial charge in [0, 0.05) is 48.5 Å². The molecule has 2 fully saturated rings. The van der Waals surface area contributed by atoms with E-state index in [-0.39, 0.29) is 11.1 Å². The Morgan fingerprint density at radius 3 is 1.32 bits per heavy atom. The summed E-state index contributed by atoms with van der Waals surface area (Å²) >= 11 is 0. The van der Waals surface area contributed by atoms with Gasteiger partial charge in [0.05, 0.1) is 0 Å². The molecule has 0 saturated carbocycles. The van der Waals surface area contributed by atoms with Crippen LogP contribution in [0.2, 0.25) is 0 Å². The van der Waals surface area contributed by atoms with Crippen LogP contribution in [0.4, 0.5) is 0 Å². The molecule has 0 amide bonds. The molecule has 1 N–H and O–H groups in total. The Balaban J connectivity index is 1.96. The van der Waals surface area contributed by atoms with Crippen molar-refractivity contribution in [2.24, 2.45) is 0 Å². The molecule has 1 aromatic carbocycles. The molecule has 0 bridgehead atoms. The molecule has 2 saturated heterocycles. The number of carbonyl (C=O) groups excluding carboxylic acids is 7. The predicted molar refractivity (Wildman–Crippen MR) is 175 cm³/mol. The topological polar surface area (TPSA) is 223 Å². The Morgan fingerprint density at radius 1 is 0.528 bits per heavy atom. The predicted octanol–water partition coefficient (Wildman–Crippen LogP) is 1.59. The number of ether oxygens (including phenoxy) is 9. The zero-order valence-corrected chi connectivity index (χ0v) is 30.7. The lowest BCUT2D eigenvalue weighted by Crippen LogP contribution is -2.60. The van der Waals surface area contributed by atoms with Crippen LogP contribution in [-0.4, -0.2) is 109 Å². The lowest BCUT2D eigenvalue weighted by molar-refractivity contribution is -0.257. The lowest BCUT2D eigenvalue weighted by atomic mass is 9.80. The van der Waals surface area contributed by atoms with E-state index >= 15 is 0 Å². The van der Waals surface area contributed by atoms with Gasteiger partial charge in [-0.05, 0) is 47.9 Å². The summed E-state index contributed by atoms with van der Waals surface area (Å²) in [5.74, 6) is -5.41. The normalized spacial score (nSPS) is 29.4. The van der Waals surface area contributed by atoms with Gasteiger partial charge in [-0.3, -0.25) is 33.6 Å². The van der Waals surface area contributed by atoms with Crippen molar-refractivity contribution in [3.05, 3.63) is 34.4 Å². The maximum absolute atomic E-state index is 12.7. The molecule has 0 aromatic heterocycles. The molecular weight excluding hydrogens is 704 g/mol. The van der Waals surface area contributed by atoms with E-state index in [1.54, 1.807) is 12.1 Å².